The van der Waals surface area contributed by atoms with Crippen LogP contribution in [0.4, 0.5) is 8.78 Å². The van der Waals surface area contributed by atoms with Crippen LogP contribution in [0.2, 0.25) is 0 Å². The van der Waals surface area contributed by atoms with Crippen molar-refractivity contribution in [3.8, 4) is 0 Å². The molecule has 0 atom stereocenters. The third-order valence-corrected chi connectivity index (χ3v) is 5.99. The molecule has 0 aliphatic carbocycles. The largest absolute Gasteiger partial charge is 2.00 e. The van der Waals surface area contributed by atoms with Gasteiger partial charge in [-0.05, 0) is 71.8 Å². The van der Waals surface area contributed by atoms with E-state index >= 15 is 0 Å². The number of carbonyl (C=O) groups excluding carboxylic acids is 4. The van der Waals surface area contributed by atoms with E-state index in [-0.39, 0.29) is 46.1 Å². The molecule has 2 aromatic carbocycles. The predicted octanol–water partition coefficient (Wildman–Crippen LogP) is 1.86. The van der Waals surface area contributed by atoms with E-state index in [0.717, 1.165) is 25.3 Å². The molecule has 0 aliphatic heterocycles. The maximum atomic E-state index is 12.9. The van der Waals surface area contributed by atoms with Crippen LogP contribution in [0, 0.1) is 11.6 Å². The van der Waals surface area contributed by atoms with E-state index in [1.165, 1.54) is 36.4 Å². The van der Waals surface area contributed by atoms with Gasteiger partial charge in [-0.2, -0.15) is 0 Å². The number of rotatable bonds is 10. The van der Waals surface area contributed by atoms with Crippen molar-refractivity contribution >= 4 is 58.1 Å². The Bertz CT molecular complexity index is 1560. The Hall–Kier alpha value is -5.01. The van der Waals surface area contributed by atoms with Gasteiger partial charge in [-0.15, -0.1) is 0 Å². The topological polar surface area (TPSA) is 143 Å². The summed E-state index contributed by atoms with van der Waals surface area (Å²) in [6.45, 7) is 0.684. The minimum absolute atomic E-state index is 0. The normalized spacial score (nSPS) is 11.0. The number of methoxy groups -OCH3 is 2. The number of hydrogen-bond donors (Lipinski definition) is 0. The number of esters is 2. The monoisotopic (exact) mass is 628 g/mol. The van der Waals surface area contributed by atoms with E-state index in [4.69, 9.17) is 0 Å². The van der Waals surface area contributed by atoms with Crippen molar-refractivity contribution in [1.29, 1.82) is 0 Å². The molecular weight excluding hydrogens is 603 g/mol. The third kappa shape index (κ3) is 10.6. The molecule has 4 aromatic rings. The molecule has 2 heterocycles. The van der Waals surface area contributed by atoms with Crippen molar-refractivity contribution in [2.24, 2.45) is 0 Å². The van der Waals surface area contributed by atoms with Crippen LogP contribution in [0.15, 0.2) is 97.3 Å². The first-order valence-corrected chi connectivity index (χ1v) is 12.8. The molecule has 45 heavy (non-hydrogen) atoms. The summed E-state index contributed by atoms with van der Waals surface area (Å²) >= 11 is 0. The van der Waals surface area contributed by atoms with Gasteiger partial charge in [0.2, 0.25) is 0 Å². The van der Waals surface area contributed by atoms with Crippen molar-refractivity contribution in [2.75, 3.05) is 14.2 Å². The molecule has 0 saturated heterocycles. The summed E-state index contributed by atoms with van der Waals surface area (Å²) in [5.74, 6) is -6.09. The molecular formula is C32H26F2MgN2O8. The number of hydrogen-bond acceptors (Lipinski definition) is 8. The predicted molar refractivity (Wildman–Crippen MR) is 156 cm³/mol. The second-order valence-corrected chi connectivity index (χ2v) is 9.02. The standard InChI is InChI=1S/2C16H14FNO4.Mg/c2*1-22-16(21)15(20)9-14(19)13-3-2-8-18(13)10-11-4-6-12(17)7-5-11;/h2*2-9,19H,10H2,1H3;/q;;+2/p-2/b2*14-9-;. The van der Waals surface area contributed by atoms with E-state index in [9.17, 15) is 38.2 Å². The molecule has 0 N–H and O–H groups in total. The van der Waals surface area contributed by atoms with Crippen molar-refractivity contribution < 1.29 is 47.6 Å². The minimum atomic E-state index is -1.09. The number of ketones is 2. The molecule has 0 unspecified atom stereocenters. The van der Waals surface area contributed by atoms with Crippen molar-refractivity contribution in [2.45, 2.75) is 13.1 Å². The molecule has 13 heteroatoms. The van der Waals surface area contributed by atoms with Gasteiger partial charge in [0.1, 0.15) is 11.6 Å². The van der Waals surface area contributed by atoms with Crippen LogP contribution in [0.25, 0.3) is 11.5 Å². The van der Waals surface area contributed by atoms with Crippen LogP contribution in [0.5, 0.6) is 0 Å². The average Bonchev–Trinajstić information content (AvgIpc) is 3.68. The fourth-order valence-corrected chi connectivity index (χ4v) is 3.83. The number of ether oxygens (including phenoxy) is 2. The van der Waals surface area contributed by atoms with Gasteiger partial charge in [0.05, 0.1) is 14.2 Å². The molecule has 10 nitrogen and oxygen atoms in total. The van der Waals surface area contributed by atoms with Crippen molar-refractivity contribution in [3.63, 3.8) is 0 Å². The van der Waals surface area contributed by atoms with Gasteiger partial charge in [0, 0.05) is 36.9 Å². The first-order valence-electron chi connectivity index (χ1n) is 12.8. The van der Waals surface area contributed by atoms with Gasteiger partial charge in [0.25, 0.3) is 11.6 Å². The van der Waals surface area contributed by atoms with Crippen LogP contribution in [-0.2, 0) is 41.7 Å². The molecule has 228 valence electrons. The molecule has 0 amide bonds. The fraction of sp³-hybridized carbons (Fsp3) is 0.125. The van der Waals surface area contributed by atoms with Crippen LogP contribution in [0.1, 0.15) is 22.5 Å². The zero-order valence-corrected chi connectivity index (χ0v) is 25.7. The summed E-state index contributed by atoms with van der Waals surface area (Å²) in [6, 6.07) is 18.1. The molecule has 0 aliphatic rings. The molecule has 0 spiro atoms. The third-order valence-electron chi connectivity index (χ3n) is 5.99. The Kier molecular flexibility index (Phi) is 13.9. The quantitative estimate of drug-likeness (QED) is 0.0852. The SMILES string of the molecule is COC(=O)C(=O)/C=C(\[O-])c1cccn1Cc1ccc(F)cc1.COC(=O)C(=O)/C=C(\[O-])c1cccn1Cc1ccc(F)cc1.[Mg+2]. The van der Waals surface area contributed by atoms with Gasteiger partial charge in [-0.25, -0.2) is 18.4 Å². The minimum Gasteiger partial charge on any atom is -0.871 e. The maximum Gasteiger partial charge on any atom is 2.00 e. The Morgan fingerprint density at radius 1 is 0.644 bits per heavy atom. The van der Waals surface area contributed by atoms with E-state index in [1.807, 2.05) is 0 Å². The Labute approximate surface area is 273 Å². The second kappa shape index (κ2) is 17.3. The molecule has 4 rings (SSSR count). The molecule has 0 saturated carbocycles. The summed E-state index contributed by atoms with van der Waals surface area (Å²) in [5.41, 5.74) is 2.10. The summed E-state index contributed by atoms with van der Waals surface area (Å²) in [6.07, 6.45) is 4.71. The first-order chi connectivity index (χ1) is 21.0. The van der Waals surface area contributed by atoms with E-state index in [1.54, 1.807) is 57.9 Å². The number of halogens is 2. The van der Waals surface area contributed by atoms with Crippen molar-refractivity contribution in [1.82, 2.24) is 9.13 Å². The van der Waals surface area contributed by atoms with E-state index in [0.29, 0.717) is 25.2 Å². The Morgan fingerprint density at radius 3 is 1.29 bits per heavy atom. The fourth-order valence-electron chi connectivity index (χ4n) is 3.83. The van der Waals surface area contributed by atoms with Crippen LogP contribution < -0.4 is 10.2 Å². The van der Waals surface area contributed by atoms with E-state index < -0.39 is 35.0 Å². The summed E-state index contributed by atoms with van der Waals surface area (Å²) in [4.78, 5) is 44.8. The van der Waals surface area contributed by atoms with Gasteiger partial charge in [-0.1, -0.05) is 35.8 Å². The summed E-state index contributed by atoms with van der Waals surface area (Å²) in [7, 11) is 2.13. The Morgan fingerprint density at radius 2 is 0.978 bits per heavy atom. The van der Waals surface area contributed by atoms with Crippen LogP contribution >= 0.6 is 0 Å². The summed E-state index contributed by atoms with van der Waals surface area (Å²) in [5, 5.41) is 24.1. The molecule has 0 radical (unpaired) electrons. The Balaban J connectivity index is 0.000000307. The maximum absolute atomic E-state index is 12.9. The average molecular weight is 629 g/mol. The smallest absolute Gasteiger partial charge is 0.871 e. The van der Waals surface area contributed by atoms with Crippen LogP contribution in [-0.4, -0.2) is 69.9 Å². The molecule has 2 aromatic heterocycles. The number of aromatic nitrogens is 2. The summed E-state index contributed by atoms with van der Waals surface area (Å²) < 4.78 is 37.5. The van der Waals surface area contributed by atoms with Crippen molar-refractivity contribution in [3.05, 3.63) is 131 Å². The first kappa shape index (κ1) is 36.2. The van der Waals surface area contributed by atoms with Gasteiger partial charge in [0.15, 0.2) is 0 Å². The zero-order valence-electron chi connectivity index (χ0n) is 24.3. The molecule has 0 bridgehead atoms. The van der Waals surface area contributed by atoms with Crippen LogP contribution in [0.3, 0.4) is 0 Å². The van der Waals surface area contributed by atoms with Gasteiger partial charge in [-0.3, -0.25) is 9.59 Å². The number of carbonyl (C=O) groups is 4. The van der Waals surface area contributed by atoms with Gasteiger partial charge < -0.3 is 28.8 Å². The second-order valence-electron chi connectivity index (χ2n) is 9.02. The molecule has 0 fully saturated rings. The van der Waals surface area contributed by atoms with E-state index in [2.05, 4.69) is 9.47 Å². The zero-order chi connectivity index (χ0) is 32.2. The number of nitrogens with zero attached hydrogens (tertiary/aromatic N) is 2. The number of benzene rings is 2. The van der Waals surface area contributed by atoms with Gasteiger partial charge >= 0.3 is 35.0 Å².